The molecule has 2 heterocycles. The Labute approximate surface area is 82.1 Å². The largest absolute Gasteiger partial charge is 0.319 e. The van der Waals surface area contributed by atoms with Crippen LogP contribution in [0.1, 0.15) is 0 Å². The molecule has 3 rings (SSSR count). The number of hydrogen-bond donors (Lipinski definition) is 1. The second-order valence-electron chi connectivity index (χ2n) is 2.55. The van der Waals surface area contributed by atoms with E-state index < -0.39 is 0 Å². The Morgan fingerprint density at radius 1 is 1.17 bits per heavy atom. The van der Waals surface area contributed by atoms with Gasteiger partial charge in [0, 0.05) is 11.0 Å². The SMILES string of the molecule is c1cc2ccc3c(c2s1)SSN3. The molecule has 0 unspecified atom stereocenters. The second kappa shape index (κ2) is 2.58. The summed E-state index contributed by atoms with van der Waals surface area (Å²) < 4.78 is 4.68. The van der Waals surface area contributed by atoms with E-state index in [9.17, 15) is 0 Å². The number of rotatable bonds is 0. The van der Waals surface area contributed by atoms with Gasteiger partial charge in [-0.2, -0.15) is 0 Å². The zero-order valence-electron chi connectivity index (χ0n) is 6.03. The molecule has 1 nitrogen and oxygen atoms in total. The predicted octanol–water partition coefficient (Wildman–Crippen LogP) is 3.98. The Morgan fingerprint density at radius 2 is 2.17 bits per heavy atom. The molecule has 0 fully saturated rings. The number of nitrogens with one attached hydrogen (secondary N) is 1. The van der Waals surface area contributed by atoms with Gasteiger partial charge >= 0.3 is 0 Å². The van der Waals surface area contributed by atoms with Crippen LogP contribution in [0.2, 0.25) is 0 Å². The molecule has 0 aliphatic carbocycles. The summed E-state index contributed by atoms with van der Waals surface area (Å²) in [6.07, 6.45) is 0. The minimum Gasteiger partial charge on any atom is -0.319 e. The van der Waals surface area contributed by atoms with E-state index in [2.05, 4.69) is 28.3 Å². The third-order valence-electron chi connectivity index (χ3n) is 1.85. The number of anilines is 1. The maximum absolute atomic E-state index is 3.27. The van der Waals surface area contributed by atoms with Crippen LogP contribution in [0.4, 0.5) is 5.69 Å². The highest BCUT2D eigenvalue weighted by atomic mass is 33.1. The molecule has 12 heavy (non-hydrogen) atoms. The molecule has 0 bridgehead atoms. The zero-order chi connectivity index (χ0) is 7.97. The van der Waals surface area contributed by atoms with E-state index in [0.29, 0.717) is 0 Å². The van der Waals surface area contributed by atoms with E-state index in [4.69, 9.17) is 0 Å². The molecule has 1 aliphatic heterocycles. The van der Waals surface area contributed by atoms with Crippen LogP contribution >= 0.6 is 33.1 Å². The Hall–Kier alpha value is -0.320. The summed E-state index contributed by atoms with van der Waals surface area (Å²) in [5.74, 6) is 0. The quantitative estimate of drug-likeness (QED) is 0.523. The van der Waals surface area contributed by atoms with Gasteiger partial charge in [0.15, 0.2) is 0 Å². The number of fused-ring (bicyclic) bond motifs is 3. The summed E-state index contributed by atoms with van der Waals surface area (Å²) in [6, 6.07) is 6.49. The van der Waals surface area contributed by atoms with E-state index in [1.54, 1.807) is 11.0 Å². The lowest BCUT2D eigenvalue weighted by atomic mass is 10.2. The van der Waals surface area contributed by atoms with Gasteiger partial charge in [-0.15, -0.1) is 11.3 Å². The molecule has 0 saturated heterocycles. The molecule has 4 heteroatoms. The van der Waals surface area contributed by atoms with Crippen LogP contribution in [-0.4, -0.2) is 0 Å². The van der Waals surface area contributed by atoms with Gasteiger partial charge in [0.05, 0.1) is 15.3 Å². The number of hydrogen-bond acceptors (Lipinski definition) is 4. The van der Waals surface area contributed by atoms with Crippen molar-refractivity contribution >= 4 is 48.9 Å². The molecule has 1 aliphatic rings. The van der Waals surface area contributed by atoms with Crippen molar-refractivity contribution in [3.8, 4) is 0 Å². The third-order valence-corrected chi connectivity index (χ3v) is 4.91. The van der Waals surface area contributed by atoms with Crippen LogP contribution in [-0.2, 0) is 0 Å². The number of thiophene rings is 1. The smallest absolute Gasteiger partial charge is 0.0618 e. The van der Waals surface area contributed by atoms with Crippen molar-refractivity contribution in [2.24, 2.45) is 0 Å². The van der Waals surface area contributed by atoms with E-state index in [1.165, 1.54) is 20.7 Å². The summed E-state index contributed by atoms with van der Waals surface area (Å²) in [7, 11) is 3.51. The summed E-state index contributed by atoms with van der Waals surface area (Å²) >= 11 is 1.82. The summed E-state index contributed by atoms with van der Waals surface area (Å²) in [6.45, 7) is 0. The van der Waals surface area contributed by atoms with Crippen molar-refractivity contribution in [3.05, 3.63) is 23.6 Å². The van der Waals surface area contributed by atoms with Crippen molar-refractivity contribution in [3.63, 3.8) is 0 Å². The van der Waals surface area contributed by atoms with Crippen LogP contribution in [0.3, 0.4) is 0 Å². The lowest BCUT2D eigenvalue weighted by molar-refractivity contribution is 1.60. The minimum absolute atomic E-state index is 1.26. The second-order valence-corrected chi connectivity index (χ2v) is 5.41. The van der Waals surface area contributed by atoms with Gasteiger partial charge in [0.25, 0.3) is 0 Å². The Bertz CT molecular complexity index is 435. The molecule has 1 aromatic carbocycles. The van der Waals surface area contributed by atoms with Crippen LogP contribution in [0, 0.1) is 0 Å². The molecule has 0 saturated carbocycles. The predicted molar refractivity (Wildman–Crippen MR) is 58.9 cm³/mol. The van der Waals surface area contributed by atoms with Gasteiger partial charge < -0.3 is 4.72 Å². The molecule has 2 aromatic rings. The first-order valence-electron chi connectivity index (χ1n) is 3.55. The van der Waals surface area contributed by atoms with Crippen molar-refractivity contribution in [2.45, 2.75) is 4.90 Å². The highest BCUT2D eigenvalue weighted by Crippen LogP contribution is 2.49. The molecule has 0 atom stereocenters. The highest BCUT2D eigenvalue weighted by Gasteiger charge is 2.15. The Morgan fingerprint density at radius 3 is 3.17 bits per heavy atom. The average Bonchev–Trinajstić information content (AvgIpc) is 2.71. The van der Waals surface area contributed by atoms with Crippen LogP contribution in [0.15, 0.2) is 28.5 Å². The van der Waals surface area contributed by atoms with Crippen molar-refractivity contribution in [1.82, 2.24) is 0 Å². The lowest BCUT2D eigenvalue weighted by Gasteiger charge is -1.96. The first kappa shape index (κ1) is 7.12. The fraction of sp³-hybridized carbons (Fsp3) is 0. The van der Waals surface area contributed by atoms with E-state index in [1.807, 2.05) is 22.1 Å². The Balaban J connectivity index is 2.46. The van der Waals surface area contributed by atoms with Gasteiger partial charge in [-0.05, 0) is 33.7 Å². The maximum Gasteiger partial charge on any atom is 0.0618 e. The number of benzene rings is 1. The van der Waals surface area contributed by atoms with Crippen LogP contribution in [0.5, 0.6) is 0 Å². The van der Waals surface area contributed by atoms with Crippen molar-refractivity contribution in [2.75, 3.05) is 4.72 Å². The van der Waals surface area contributed by atoms with Gasteiger partial charge in [-0.3, -0.25) is 0 Å². The zero-order valence-corrected chi connectivity index (χ0v) is 8.48. The standard InChI is InChI=1S/C8H5NS3/c1-2-6-8(11-12-9-6)7-5(1)3-4-10-7/h1-4,9H. The highest BCUT2D eigenvalue weighted by molar-refractivity contribution is 8.77. The Kier molecular flexibility index (Phi) is 1.53. The van der Waals surface area contributed by atoms with Crippen LogP contribution < -0.4 is 4.72 Å². The molecule has 0 amide bonds. The average molecular weight is 211 g/mol. The monoisotopic (exact) mass is 211 g/mol. The topological polar surface area (TPSA) is 12.0 Å². The lowest BCUT2D eigenvalue weighted by Crippen LogP contribution is -1.76. The molecular formula is C8H5NS3. The minimum atomic E-state index is 1.26. The summed E-state index contributed by atoms with van der Waals surface area (Å²) in [5, 5.41) is 3.50. The van der Waals surface area contributed by atoms with Crippen molar-refractivity contribution < 1.29 is 0 Å². The van der Waals surface area contributed by atoms with E-state index >= 15 is 0 Å². The maximum atomic E-state index is 3.27. The molecule has 0 spiro atoms. The molecule has 1 aromatic heterocycles. The van der Waals surface area contributed by atoms with Gasteiger partial charge in [-0.25, -0.2) is 0 Å². The summed E-state index contributed by atoms with van der Waals surface area (Å²) in [5.41, 5.74) is 1.26. The fourth-order valence-corrected chi connectivity index (χ4v) is 4.56. The van der Waals surface area contributed by atoms with Gasteiger partial charge in [0.1, 0.15) is 0 Å². The van der Waals surface area contributed by atoms with Crippen LogP contribution in [0.25, 0.3) is 10.1 Å². The van der Waals surface area contributed by atoms with E-state index in [-0.39, 0.29) is 0 Å². The molecule has 60 valence electrons. The molecule has 0 radical (unpaired) electrons. The molecular weight excluding hydrogens is 206 g/mol. The first-order chi connectivity index (χ1) is 5.95. The third kappa shape index (κ3) is 0.887. The normalized spacial score (nSPS) is 14.7. The first-order valence-corrected chi connectivity index (χ1v) is 6.58. The fourth-order valence-electron chi connectivity index (χ4n) is 1.28. The van der Waals surface area contributed by atoms with Gasteiger partial charge in [-0.1, -0.05) is 6.07 Å². The van der Waals surface area contributed by atoms with Crippen molar-refractivity contribution in [1.29, 1.82) is 0 Å². The van der Waals surface area contributed by atoms with E-state index in [0.717, 1.165) is 0 Å². The summed E-state index contributed by atoms with van der Waals surface area (Å²) in [4.78, 5) is 1.40. The molecule has 1 N–H and O–H groups in total. The van der Waals surface area contributed by atoms with Gasteiger partial charge in [0.2, 0.25) is 0 Å².